The van der Waals surface area contributed by atoms with Crippen molar-refractivity contribution in [3.05, 3.63) is 58.3 Å². The van der Waals surface area contributed by atoms with Crippen molar-refractivity contribution in [1.29, 1.82) is 0 Å². The predicted octanol–water partition coefficient (Wildman–Crippen LogP) is 5.54. The second kappa shape index (κ2) is 10.4. The van der Waals surface area contributed by atoms with Crippen molar-refractivity contribution in [3.63, 3.8) is 0 Å². The fourth-order valence-electron chi connectivity index (χ4n) is 5.16. The van der Waals surface area contributed by atoms with E-state index in [4.69, 9.17) is 9.72 Å². The van der Waals surface area contributed by atoms with Gasteiger partial charge in [0.15, 0.2) is 0 Å². The van der Waals surface area contributed by atoms with Crippen molar-refractivity contribution >= 4 is 22.7 Å². The van der Waals surface area contributed by atoms with Crippen LogP contribution in [0, 0.1) is 13.8 Å². The Morgan fingerprint density at radius 2 is 1.83 bits per heavy atom. The molecule has 36 heavy (non-hydrogen) atoms. The number of alkyl halides is 3. The zero-order valence-electron chi connectivity index (χ0n) is 21.0. The zero-order chi connectivity index (χ0) is 26.2. The number of cyclic esters (lactones) is 1. The first-order chi connectivity index (χ1) is 17.0. The molecule has 1 aromatic carbocycles. The molecule has 2 aliphatic rings. The van der Waals surface area contributed by atoms with E-state index in [0.717, 1.165) is 41.9 Å². The average Bonchev–Trinajstić information content (AvgIpc) is 3.09. The Morgan fingerprint density at radius 1 is 1.14 bits per heavy atom. The number of benzene rings is 1. The molecule has 0 aliphatic carbocycles. The first-order valence-corrected chi connectivity index (χ1v) is 13.7. The molecular weight excluding hydrogens is 491 g/mol. The van der Waals surface area contributed by atoms with Crippen molar-refractivity contribution in [2.75, 3.05) is 23.0 Å². The van der Waals surface area contributed by atoms with E-state index < -0.39 is 40.8 Å². The summed E-state index contributed by atoms with van der Waals surface area (Å²) in [7, 11) is -0.776. The van der Waals surface area contributed by atoms with Crippen molar-refractivity contribution < 1.29 is 26.9 Å². The van der Waals surface area contributed by atoms with Crippen LogP contribution in [-0.4, -0.2) is 50.3 Å². The minimum absolute atomic E-state index is 0.213. The van der Waals surface area contributed by atoms with Gasteiger partial charge in [-0.1, -0.05) is 11.6 Å². The van der Waals surface area contributed by atoms with Crippen LogP contribution in [-0.2, 0) is 28.3 Å². The van der Waals surface area contributed by atoms with E-state index >= 15 is 0 Å². The summed E-state index contributed by atoms with van der Waals surface area (Å²) in [6, 6.07) is 5.53. The molecule has 2 aliphatic heterocycles. The number of aryl methyl sites for hydroxylation is 2. The molecule has 4 rings (SSSR count). The first kappa shape index (κ1) is 26.4. The van der Waals surface area contributed by atoms with Crippen LogP contribution in [0.2, 0.25) is 0 Å². The molecule has 0 unspecified atom stereocenters. The van der Waals surface area contributed by atoms with Crippen LogP contribution in [0.3, 0.4) is 0 Å². The first-order valence-electron chi connectivity index (χ1n) is 12.2. The van der Waals surface area contributed by atoms with E-state index in [0.29, 0.717) is 29.2 Å². The highest BCUT2D eigenvalue weighted by Crippen LogP contribution is 2.38. The minimum atomic E-state index is -4.48. The lowest BCUT2D eigenvalue weighted by Gasteiger charge is -2.36. The largest absolute Gasteiger partial charge is 0.439 e. The van der Waals surface area contributed by atoms with E-state index in [1.54, 1.807) is 31.0 Å². The Balaban J connectivity index is 1.61. The molecule has 2 aromatic rings. The molecule has 3 heterocycles. The molecule has 0 saturated carbocycles. The number of ether oxygens (including phenoxy) is 1. The molecule has 1 amide bonds. The van der Waals surface area contributed by atoms with Crippen LogP contribution < -0.4 is 4.90 Å². The van der Waals surface area contributed by atoms with Gasteiger partial charge < -0.3 is 9.64 Å². The predicted molar refractivity (Wildman–Crippen MR) is 133 cm³/mol. The lowest BCUT2D eigenvalue weighted by molar-refractivity contribution is -0.137. The number of pyridine rings is 1. The van der Waals surface area contributed by atoms with E-state index in [1.165, 1.54) is 0 Å². The van der Waals surface area contributed by atoms with Gasteiger partial charge in [-0.2, -0.15) is 13.2 Å². The molecule has 196 valence electrons. The molecule has 2 fully saturated rings. The van der Waals surface area contributed by atoms with Crippen LogP contribution in [0.15, 0.2) is 30.5 Å². The maximum atomic E-state index is 13.4. The van der Waals surface area contributed by atoms with Gasteiger partial charge in [0.05, 0.1) is 18.2 Å². The standard InChI is InChI=1S/C26H32F3N3O3S/c1-5-31(22-6-8-36(34)9-7-22)24-20(11-17(3)14-30-24)15-32-18(4)23(35-25(32)33)19-10-16(2)12-21(13-19)26(27,28)29/h10-14,18,22-23H,5-9,15H2,1-4H3/t18-,22?,23-,36?/m0/s1. The van der Waals surface area contributed by atoms with Crippen LogP contribution in [0.1, 0.15) is 60.6 Å². The number of anilines is 1. The van der Waals surface area contributed by atoms with E-state index in [1.807, 2.05) is 13.0 Å². The molecule has 0 bridgehead atoms. The fraction of sp³-hybridized carbons (Fsp3) is 0.538. The Morgan fingerprint density at radius 3 is 2.47 bits per heavy atom. The molecule has 0 radical (unpaired) electrons. The molecule has 1 aromatic heterocycles. The number of aromatic nitrogens is 1. The van der Waals surface area contributed by atoms with Crippen molar-refractivity contribution in [2.45, 2.75) is 71.4 Å². The average molecular weight is 524 g/mol. The second-order valence-electron chi connectivity index (χ2n) is 9.66. The van der Waals surface area contributed by atoms with Gasteiger partial charge >= 0.3 is 12.3 Å². The number of carbonyl (C=O) groups excluding carboxylic acids is 1. The maximum absolute atomic E-state index is 13.4. The Bertz CT molecular complexity index is 1150. The summed E-state index contributed by atoms with van der Waals surface area (Å²) in [5.41, 5.74) is 1.83. The second-order valence-corrected chi connectivity index (χ2v) is 11.4. The molecule has 2 saturated heterocycles. The molecule has 6 nitrogen and oxygen atoms in total. The van der Waals surface area contributed by atoms with Crippen molar-refractivity contribution in [2.24, 2.45) is 0 Å². The van der Waals surface area contributed by atoms with Gasteiger partial charge in [0, 0.05) is 46.7 Å². The van der Waals surface area contributed by atoms with Gasteiger partial charge in [-0.15, -0.1) is 0 Å². The van der Waals surface area contributed by atoms with Gasteiger partial charge in [-0.25, -0.2) is 9.78 Å². The normalized spacial score (nSPS) is 24.6. The van der Waals surface area contributed by atoms with Gasteiger partial charge in [-0.05, 0) is 69.9 Å². The van der Waals surface area contributed by atoms with Gasteiger partial charge in [-0.3, -0.25) is 9.11 Å². The van der Waals surface area contributed by atoms with Crippen LogP contribution in [0.5, 0.6) is 0 Å². The quantitative estimate of drug-likeness (QED) is 0.498. The third-order valence-corrected chi connectivity index (χ3v) is 8.36. The summed E-state index contributed by atoms with van der Waals surface area (Å²) < 4.78 is 57.7. The summed E-state index contributed by atoms with van der Waals surface area (Å²) in [5, 5.41) is 0. The van der Waals surface area contributed by atoms with Crippen LogP contribution >= 0.6 is 0 Å². The number of carbonyl (C=O) groups is 1. The highest BCUT2D eigenvalue weighted by molar-refractivity contribution is 7.85. The Hall–Kier alpha value is -2.62. The van der Waals surface area contributed by atoms with E-state index in [9.17, 15) is 22.2 Å². The number of amides is 1. The lowest BCUT2D eigenvalue weighted by Crippen LogP contribution is -2.41. The third kappa shape index (κ3) is 5.53. The summed E-state index contributed by atoms with van der Waals surface area (Å²) in [6.07, 6.45) is -2.43. The molecule has 2 atom stereocenters. The topological polar surface area (TPSA) is 62.7 Å². The van der Waals surface area contributed by atoms with Crippen LogP contribution in [0.4, 0.5) is 23.8 Å². The van der Waals surface area contributed by atoms with Gasteiger partial charge in [0.2, 0.25) is 0 Å². The number of rotatable bonds is 6. The van der Waals surface area contributed by atoms with Crippen LogP contribution in [0.25, 0.3) is 0 Å². The Labute approximate surface area is 212 Å². The lowest BCUT2D eigenvalue weighted by atomic mass is 9.98. The maximum Gasteiger partial charge on any atom is 0.416 e. The minimum Gasteiger partial charge on any atom is -0.439 e. The molecule has 10 heteroatoms. The number of halogens is 3. The van der Waals surface area contributed by atoms with E-state index in [2.05, 4.69) is 11.8 Å². The van der Waals surface area contributed by atoms with Gasteiger partial charge in [0.25, 0.3) is 0 Å². The third-order valence-electron chi connectivity index (χ3n) is 6.98. The summed E-state index contributed by atoms with van der Waals surface area (Å²) in [4.78, 5) is 21.4. The summed E-state index contributed by atoms with van der Waals surface area (Å²) in [5.74, 6) is 2.10. The molecule has 0 spiro atoms. The number of hydrogen-bond acceptors (Lipinski definition) is 5. The highest BCUT2D eigenvalue weighted by atomic mass is 32.2. The summed E-state index contributed by atoms with van der Waals surface area (Å²) in [6.45, 7) is 8.32. The molecular formula is C26H32F3N3O3S. The zero-order valence-corrected chi connectivity index (χ0v) is 21.8. The van der Waals surface area contributed by atoms with Crippen molar-refractivity contribution in [1.82, 2.24) is 9.88 Å². The number of nitrogens with zero attached hydrogens (tertiary/aromatic N) is 3. The monoisotopic (exact) mass is 523 g/mol. The molecule has 0 N–H and O–H groups in total. The van der Waals surface area contributed by atoms with E-state index in [-0.39, 0.29) is 12.6 Å². The van der Waals surface area contributed by atoms with Gasteiger partial charge in [0.1, 0.15) is 11.9 Å². The highest BCUT2D eigenvalue weighted by Gasteiger charge is 2.41. The SMILES string of the molecule is CCN(c1ncc(C)cc1CN1C(=O)O[C@H](c2cc(C)cc(C(F)(F)F)c2)[C@@H]1C)C1CCS(=O)CC1. The number of hydrogen-bond donors (Lipinski definition) is 0. The smallest absolute Gasteiger partial charge is 0.416 e. The van der Waals surface area contributed by atoms with Crippen molar-refractivity contribution in [3.8, 4) is 0 Å². The fourth-order valence-corrected chi connectivity index (χ4v) is 6.43. The summed E-state index contributed by atoms with van der Waals surface area (Å²) >= 11 is 0. The Kier molecular flexibility index (Phi) is 7.64.